The molecule has 0 saturated carbocycles. The number of H-pyrrole nitrogens is 1. The van der Waals surface area contributed by atoms with Crippen molar-refractivity contribution < 1.29 is 52.5 Å². The first kappa shape index (κ1) is 63.2. The average molecular weight is 1250 g/mol. The highest BCUT2D eigenvalue weighted by atomic mass is 35.5. The molecule has 2 aliphatic heterocycles. The van der Waals surface area contributed by atoms with E-state index in [4.69, 9.17) is 36.3 Å². The van der Waals surface area contributed by atoms with Crippen LogP contribution in [0.5, 0.6) is 11.5 Å². The van der Waals surface area contributed by atoms with E-state index >= 15 is 0 Å². The summed E-state index contributed by atoms with van der Waals surface area (Å²) in [6.45, 7) is 9.78. The maximum absolute atomic E-state index is 14.5. The number of hydrogen-bond donors (Lipinski definition) is 6. The normalized spacial score (nSPS) is 15.0. The fourth-order valence-corrected chi connectivity index (χ4v) is 13.0. The van der Waals surface area contributed by atoms with Crippen LogP contribution < -0.4 is 41.4 Å². The Labute approximate surface area is 525 Å². The monoisotopic (exact) mass is 1250 g/mol. The summed E-state index contributed by atoms with van der Waals surface area (Å²) >= 11 is 8.06. The molecule has 8 amide bonds. The second-order valence-electron chi connectivity index (χ2n) is 23.2. The van der Waals surface area contributed by atoms with Crippen molar-refractivity contribution in [3.05, 3.63) is 142 Å². The van der Waals surface area contributed by atoms with Gasteiger partial charge in [-0.1, -0.05) is 74.5 Å². The molecule has 89 heavy (non-hydrogen) atoms. The molecular weight excluding hydrogens is 1180 g/mol. The summed E-state index contributed by atoms with van der Waals surface area (Å²) in [5, 5.41) is 14.5. The highest BCUT2D eigenvalue weighted by Crippen LogP contribution is 2.49. The molecule has 23 heteroatoms. The van der Waals surface area contributed by atoms with E-state index in [-0.39, 0.29) is 69.3 Å². The van der Waals surface area contributed by atoms with Gasteiger partial charge in [-0.25, -0.2) is 19.2 Å². The number of thiophene rings is 1. The Balaban J connectivity index is 0.705. The van der Waals surface area contributed by atoms with Gasteiger partial charge < -0.3 is 65.6 Å². The molecule has 1 saturated heterocycles. The molecule has 2 aromatic heterocycles. The molecular formula is C66H75ClN10O11S. The van der Waals surface area contributed by atoms with Gasteiger partial charge in [0, 0.05) is 92.6 Å². The summed E-state index contributed by atoms with van der Waals surface area (Å²) in [5.41, 5.74) is 14.2. The minimum Gasteiger partial charge on any atom is -0.492 e. The minimum atomic E-state index is -1.09. The first-order chi connectivity index (χ1) is 42.9. The standard InChI is InChI=1S/C66H75ClN10O11S/c1-39(2)58(73-64(82)86-37-50-48-15-8-6-13-46(48)47-14-7-9-16-49(47)50)61(79)72-52(17-12-24-69-63(68)81)60(78)70-44-20-18-41(19-21-44)36-87-65(83)74(4)27-28-75(5)66(84)88-55-33-54-57(56-40(3)38-89-59(55)56)43(34-67)35-77(54)62(80)53-32-42-31-45(22-23-51(42)71-53)85-30-29-76-25-10-11-26-76/h6-9,13-16,18-23,31-33,38-39,43,50,52,58,71H,10-12,17,24-30,34-37H2,1-5H3,(H,70,78)(H,72,79)(H,73,82)(H3,68,69,81)/t43-,52+,58+/m1/s1. The summed E-state index contributed by atoms with van der Waals surface area (Å²) in [5.74, 6) is -0.843. The number of rotatable bonds is 24. The van der Waals surface area contributed by atoms with Crippen LogP contribution in [-0.2, 0) is 25.7 Å². The molecule has 10 rings (SSSR count). The van der Waals surface area contributed by atoms with Crippen molar-refractivity contribution in [2.45, 2.75) is 77.0 Å². The van der Waals surface area contributed by atoms with Gasteiger partial charge in [-0.15, -0.1) is 22.9 Å². The lowest BCUT2D eigenvalue weighted by Crippen LogP contribution is -2.54. The van der Waals surface area contributed by atoms with Crippen LogP contribution in [0.2, 0.25) is 0 Å². The zero-order chi connectivity index (χ0) is 62.9. The molecule has 468 valence electrons. The van der Waals surface area contributed by atoms with E-state index < -0.39 is 54.1 Å². The lowest BCUT2D eigenvalue weighted by molar-refractivity contribution is -0.128. The predicted molar refractivity (Wildman–Crippen MR) is 343 cm³/mol. The molecule has 1 aliphatic carbocycles. The number of likely N-dealkylation sites (tertiary alicyclic amines) is 1. The molecule has 5 aromatic carbocycles. The Morgan fingerprint density at radius 1 is 0.831 bits per heavy atom. The van der Waals surface area contributed by atoms with Crippen LogP contribution in [0.3, 0.4) is 0 Å². The van der Waals surface area contributed by atoms with Crippen LogP contribution >= 0.6 is 22.9 Å². The number of nitrogens with one attached hydrogen (secondary N) is 5. The molecule has 0 unspecified atom stereocenters. The summed E-state index contributed by atoms with van der Waals surface area (Å²) < 4.78 is 24.3. The Kier molecular flexibility index (Phi) is 20.3. The van der Waals surface area contributed by atoms with Crippen molar-refractivity contribution in [2.24, 2.45) is 11.7 Å². The molecule has 7 N–H and O–H groups in total. The van der Waals surface area contributed by atoms with Crippen LogP contribution in [0.25, 0.3) is 32.1 Å². The number of aromatic nitrogens is 1. The van der Waals surface area contributed by atoms with E-state index in [1.54, 1.807) is 63.2 Å². The van der Waals surface area contributed by atoms with Gasteiger partial charge in [-0.05, 0) is 132 Å². The number of carbonyl (C=O) groups is 7. The van der Waals surface area contributed by atoms with Crippen LogP contribution in [-0.4, -0.2) is 153 Å². The lowest BCUT2D eigenvalue weighted by Gasteiger charge is -2.25. The number of hydrogen-bond acceptors (Lipinski definition) is 13. The van der Waals surface area contributed by atoms with E-state index in [9.17, 15) is 33.6 Å². The number of alkyl carbamates (subject to hydrolysis) is 1. The number of anilines is 2. The Bertz CT molecular complexity index is 3710. The quantitative estimate of drug-likeness (QED) is 0.0244. The Morgan fingerprint density at radius 2 is 1.53 bits per heavy atom. The Hall–Kier alpha value is -8.86. The van der Waals surface area contributed by atoms with Gasteiger partial charge in [-0.3, -0.25) is 19.3 Å². The highest BCUT2D eigenvalue weighted by molar-refractivity contribution is 7.17. The van der Waals surface area contributed by atoms with Gasteiger partial charge in [0.1, 0.15) is 43.3 Å². The van der Waals surface area contributed by atoms with E-state index in [1.165, 1.54) is 34.0 Å². The van der Waals surface area contributed by atoms with Crippen molar-refractivity contribution in [3.63, 3.8) is 0 Å². The smallest absolute Gasteiger partial charge is 0.415 e. The molecule has 21 nitrogen and oxygen atoms in total. The van der Waals surface area contributed by atoms with Gasteiger partial charge in [0.2, 0.25) is 11.8 Å². The second-order valence-corrected chi connectivity index (χ2v) is 24.4. The third kappa shape index (κ3) is 14.8. The molecule has 0 bridgehead atoms. The lowest BCUT2D eigenvalue weighted by atomic mass is 9.97. The number of primary amides is 1. The molecule has 4 heterocycles. The number of likely N-dealkylation sites (N-methyl/N-ethyl adjacent to an activating group) is 2. The number of benzene rings is 5. The molecule has 3 aliphatic rings. The third-order valence-corrected chi connectivity index (χ3v) is 18.1. The van der Waals surface area contributed by atoms with Crippen molar-refractivity contribution in [1.29, 1.82) is 0 Å². The minimum absolute atomic E-state index is 0.0489. The zero-order valence-corrected chi connectivity index (χ0v) is 52.1. The fraction of sp³-hybridized carbons (Fsp3) is 0.379. The number of ether oxygens (including phenoxy) is 4. The number of alkyl halides is 1. The topological polar surface area (TPSA) is 259 Å². The third-order valence-electron chi connectivity index (χ3n) is 16.6. The molecule has 3 atom stereocenters. The number of nitrogens with two attached hydrogens (primary N) is 1. The van der Waals surface area contributed by atoms with Crippen molar-refractivity contribution in [2.75, 3.05) is 89.2 Å². The van der Waals surface area contributed by atoms with Gasteiger partial charge in [0.25, 0.3) is 5.91 Å². The van der Waals surface area contributed by atoms with Gasteiger partial charge in [0.05, 0.1) is 10.4 Å². The van der Waals surface area contributed by atoms with Crippen molar-refractivity contribution >= 4 is 97.3 Å². The first-order valence-corrected chi connectivity index (χ1v) is 31.4. The van der Waals surface area contributed by atoms with Crippen LogP contribution in [0, 0.1) is 12.8 Å². The summed E-state index contributed by atoms with van der Waals surface area (Å²) in [7, 11) is 3.12. The first-order valence-electron chi connectivity index (χ1n) is 30.0. The Morgan fingerprint density at radius 3 is 2.21 bits per heavy atom. The molecule has 0 radical (unpaired) electrons. The van der Waals surface area contributed by atoms with Crippen LogP contribution in [0.4, 0.5) is 30.6 Å². The highest BCUT2D eigenvalue weighted by Gasteiger charge is 2.38. The predicted octanol–water partition coefficient (Wildman–Crippen LogP) is 10.3. The number of fused-ring (bicyclic) bond motifs is 7. The zero-order valence-electron chi connectivity index (χ0n) is 50.5. The fourth-order valence-electron chi connectivity index (χ4n) is 11.7. The van der Waals surface area contributed by atoms with Gasteiger partial charge in [0.15, 0.2) is 5.75 Å². The number of amides is 8. The van der Waals surface area contributed by atoms with Crippen LogP contribution in [0.15, 0.2) is 109 Å². The SMILES string of the molecule is Cc1csc2c(OC(=O)N(C)CCN(C)C(=O)OCc3ccc(NC(=O)[C@H](CCCNC(N)=O)NC(=O)[C@@H](NC(=O)OCC4c5ccccc5-c5ccccc54)C(C)C)cc3)cc3c(c12)[C@H](CCl)CN3C(=O)c1cc2cc(OCCN3CCCC3)ccc2[nH]1. The van der Waals surface area contributed by atoms with Gasteiger partial charge >= 0.3 is 24.3 Å². The van der Waals surface area contributed by atoms with E-state index in [1.807, 2.05) is 85.1 Å². The number of carbonyl (C=O) groups excluding carboxylic acids is 7. The number of aromatic amines is 1. The summed E-state index contributed by atoms with van der Waals surface area (Å²) in [6.07, 6.45) is 0.738. The number of aryl methyl sites for hydroxylation is 1. The largest absolute Gasteiger partial charge is 0.492 e. The van der Waals surface area contributed by atoms with Crippen molar-refractivity contribution in [1.82, 2.24) is 35.6 Å². The number of urea groups is 1. The molecule has 1 fully saturated rings. The maximum atomic E-state index is 14.5. The summed E-state index contributed by atoms with van der Waals surface area (Å²) in [6, 6.07) is 29.0. The second kappa shape index (κ2) is 28.5. The van der Waals surface area contributed by atoms with E-state index in [0.717, 1.165) is 79.8 Å². The average Bonchev–Trinajstić information content (AvgIpc) is 1.61. The van der Waals surface area contributed by atoms with E-state index in [0.29, 0.717) is 41.5 Å². The summed E-state index contributed by atoms with van der Waals surface area (Å²) in [4.78, 5) is 104. The molecule has 7 aromatic rings. The number of nitrogens with zero attached hydrogens (tertiary/aromatic N) is 4. The number of halogens is 1. The van der Waals surface area contributed by atoms with E-state index in [2.05, 4.69) is 31.2 Å². The van der Waals surface area contributed by atoms with Gasteiger partial charge in [-0.2, -0.15) is 0 Å². The van der Waals surface area contributed by atoms with Crippen LogP contribution in [0.1, 0.15) is 89.7 Å². The maximum Gasteiger partial charge on any atom is 0.415 e. The van der Waals surface area contributed by atoms with Crippen molar-refractivity contribution in [3.8, 4) is 22.6 Å². The molecule has 0 spiro atoms.